The van der Waals surface area contributed by atoms with E-state index in [1.54, 1.807) is 25.1 Å². The van der Waals surface area contributed by atoms with Gasteiger partial charge in [-0.25, -0.2) is 8.42 Å². The van der Waals surface area contributed by atoms with Crippen LogP contribution in [0.4, 0.5) is 0 Å². The number of aliphatic carboxylic acids is 1. The van der Waals surface area contributed by atoms with Crippen LogP contribution in [0.5, 0.6) is 0 Å². The minimum absolute atomic E-state index is 0.109. The molecule has 0 fully saturated rings. The van der Waals surface area contributed by atoms with Gasteiger partial charge in [-0.1, -0.05) is 43.3 Å². The van der Waals surface area contributed by atoms with Gasteiger partial charge in [0, 0.05) is 11.9 Å². The molecular formula is C14H15NO4S. The lowest BCUT2D eigenvalue weighted by Gasteiger charge is -2.19. The van der Waals surface area contributed by atoms with Crippen molar-refractivity contribution in [3.8, 4) is 0 Å². The summed E-state index contributed by atoms with van der Waals surface area (Å²) in [5, 5.41) is 10.2. The van der Waals surface area contributed by atoms with Gasteiger partial charge in [0.2, 0.25) is 10.0 Å². The van der Waals surface area contributed by atoms with E-state index in [4.69, 9.17) is 5.11 Å². The molecule has 0 amide bonds. The summed E-state index contributed by atoms with van der Waals surface area (Å²) in [4.78, 5) is 10.9. The van der Waals surface area contributed by atoms with Crippen LogP contribution in [0.25, 0.3) is 10.8 Å². The summed E-state index contributed by atoms with van der Waals surface area (Å²) < 4.78 is 26.1. The normalized spacial score (nSPS) is 11.9. The molecule has 106 valence electrons. The number of carboxylic acids is 1. The maximum Gasteiger partial charge on any atom is 0.318 e. The number of fused-ring (bicyclic) bond motifs is 1. The van der Waals surface area contributed by atoms with Crippen LogP contribution < -0.4 is 0 Å². The van der Waals surface area contributed by atoms with Gasteiger partial charge >= 0.3 is 5.97 Å². The van der Waals surface area contributed by atoms with Crippen molar-refractivity contribution in [1.29, 1.82) is 0 Å². The van der Waals surface area contributed by atoms with E-state index in [-0.39, 0.29) is 11.4 Å². The molecule has 0 aliphatic rings. The second kappa shape index (κ2) is 5.60. The van der Waals surface area contributed by atoms with E-state index in [0.717, 1.165) is 9.69 Å². The number of rotatable bonds is 5. The van der Waals surface area contributed by atoms with Gasteiger partial charge in [0.1, 0.15) is 6.54 Å². The number of carbonyl (C=O) groups is 1. The molecule has 6 heteroatoms. The molecule has 2 aromatic carbocycles. The largest absolute Gasteiger partial charge is 0.480 e. The second-order valence-corrected chi connectivity index (χ2v) is 6.21. The lowest BCUT2D eigenvalue weighted by atomic mass is 10.1. The van der Waals surface area contributed by atoms with Gasteiger partial charge < -0.3 is 5.11 Å². The highest BCUT2D eigenvalue weighted by Gasteiger charge is 2.26. The molecule has 0 saturated carbocycles. The Kier molecular flexibility index (Phi) is 4.06. The highest BCUT2D eigenvalue weighted by molar-refractivity contribution is 7.89. The van der Waals surface area contributed by atoms with Crippen LogP contribution in [-0.4, -0.2) is 36.9 Å². The highest BCUT2D eigenvalue weighted by Crippen LogP contribution is 2.25. The fraction of sp³-hybridized carbons (Fsp3) is 0.214. The molecule has 0 aliphatic heterocycles. The lowest BCUT2D eigenvalue weighted by Crippen LogP contribution is -2.35. The van der Waals surface area contributed by atoms with Crippen LogP contribution in [0.1, 0.15) is 6.92 Å². The summed E-state index contributed by atoms with van der Waals surface area (Å²) in [6.07, 6.45) is 0. The number of hydrogen-bond acceptors (Lipinski definition) is 3. The zero-order chi connectivity index (χ0) is 14.8. The molecule has 0 radical (unpaired) electrons. The number of hydrogen-bond donors (Lipinski definition) is 1. The van der Waals surface area contributed by atoms with Gasteiger partial charge in [0.25, 0.3) is 0 Å². The van der Waals surface area contributed by atoms with Crippen molar-refractivity contribution in [3.63, 3.8) is 0 Å². The van der Waals surface area contributed by atoms with E-state index in [0.29, 0.717) is 5.39 Å². The smallest absolute Gasteiger partial charge is 0.318 e. The molecule has 2 aromatic rings. The zero-order valence-corrected chi connectivity index (χ0v) is 11.8. The molecule has 0 heterocycles. The van der Waals surface area contributed by atoms with Crippen LogP contribution in [0.2, 0.25) is 0 Å². The predicted octanol–water partition coefficient (Wildman–Crippen LogP) is 1.93. The molecule has 5 nitrogen and oxygen atoms in total. The average molecular weight is 293 g/mol. The summed E-state index contributed by atoms with van der Waals surface area (Å²) in [7, 11) is -3.82. The van der Waals surface area contributed by atoms with E-state index in [1.165, 1.54) is 6.07 Å². The Morgan fingerprint density at radius 3 is 2.45 bits per heavy atom. The monoisotopic (exact) mass is 293 g/mol. The number of sulfonamides is 1. The molecule has 0 aliphatic carbocycles. The van der Waals surface area contributed by atoms with Crippen LogP contribution in [0.15, 0.2) is 47.4 Å². The summed E-state index contributed by atoms with van der Waals surface area (Å²) in [5.41, 5.74) is 0. The number of benzene rings is 2. The first-order valence-electron chi connectivity index (χ1n) is 6.16. The van der Waals surface area contributed by atoms with Crippen molar-refractivity contribution in [2.45, 2.75) is 11.8 Å². The predicted molar refractivity (Wildman–Crippen MR) is 76.0 cm³/mol. The van der Waals surface area contributed by atoms with Crippen LogP contribution in [0.3, 0.4) is 0 Å². The Bertz CT molecular complexity index is 734. The third-order valence-corrected chi connectivity index (χ3v) is 5.01. The minimum atomic E-state index is -3.82. The molecule has 20 heavy (non-hydrogen) atoms. The van der Waals surface area contributed by atoms with E-state index in [2.05, 4.69) is 0 Å². The molecule has 1 N–H and O–H groups in total. The summed E-state index contributed by atoms with van der Waals surface area (Å²) in [6.45, 7) is 1.19. The molecule has 0 saturated heterocycles. The molecule has 0 unspecified atom stereocenters. The van der Waals surface area contributed by atoms with E-state index < -0.39 is 22.5 Å². The maximum absolute atomic E-state index is 12.6. The lowest BCUT2D eigenvalue weighted by molar-refractivity contribution is -0.137. The van der Waals surface area contributed by atoms with Gasteiger partial charge in [-0.3, -0.25) is 4.79 Å². The Hall–Kier alpha value is -1.92. The zero-order valence-electron chi connectivity index (χ0n) is 11.0. The number of carboxylic acid groups (broad SMARTS) is 1. The fourth-order valence-corrected chi connectivity index (χ4v) is 3.69. The van der Waals surface area contributed by atoms with E-state index >= 15 is 0 Å². The van der Waals surface area contributed by atoms with Crippen LogP contribution >= 0.6 is 0 Å². The van der Waals surface area contributed by atoms with Crippen molar-refractivity contribution in [1.82, 2.24) is 4.31 Å². The number of likely N-dealkylation sites (N-methyl/N-ethyl adjacent to an activating group) is 1. The standard InChI is InChI=1S/C14H15NO4S/c1-2-15(10-14(16)17)20(18,19)13-9-5-7-11-6-3-4-8-12(11)13/h3-9H,2,10H2,1H3,(H,16,17). The Morgan fingerprint density at radius 1 is 1.15 bits per heavy atom. The molecule has 0 atom stereocenters. The maximum atomic E-state index is 12.6. The van der Waals surface area contributed by atoms with Crippen molar-refractivity contribution >= 4 is 26.8 Å². The van der Waals surface area contributed by atoms with Gasteiger partial charge in [0.15, 0.2) is 0 Å². The molecule has 2 rings (SSSR count). The minimum Gasteiger partial charge on any atom is -0.480 e. The number of nitrogens with zero attached hydrogens (tertiary/aromatic N) is 1. The first-order valence-corrected chi connectivity index (χ1v) is 7.60. The molecule has 0 bridgehead atoms. The third kappa shape index (κ3) is 2.66. The van der Waals surface area contributed by atoms with E-state index in [1.807, 2.05) is 18.2 Å². The summed E-state index contributed by atoms with van der Waals surface area (Å²) >= 11 is 0. The topological polar surface area (TPSA) is 74.7 Å². The van der Waals surface area contributed by atoms with Gasteiger partial charge in [-0.05, 0) is 11.5 Å². The molecule has 0 spiro atoms. The molecular weight excluding hydrogens is 278 g/mol. The highest BCUT2D eigenvalue weighted by atomic mass is 32.2. The first kappa shape index (κ1) is 14.5. The Labute approximate surface area is 117 Å². The first-order chi connectivity index (χ1) is 9.46. The average Bonchev–Trinajstić information content (AvgIpc) is 2.43. The van der Waals surface area contributed by atoms with Crippen LogP contribution in [0, 0.1) is 0 Å². The quantitative estimate of drug-likeness (QED) is 0.914. The summed E-state index contributed by atoms with van der Waals surface area (Å²) in [6, 6.07) is 12.1. The second-order valence-electron chi connectivity index (χ2n) is 4.30. The van der Waals surface area contributed by atoms with Gasteiger partial charge in [-0.15, -0.1) is 0 Å². The van der Waals surface area contributed by atoms with Gasteiger partial charge in [0.05, 0.1) is 4.90 Å². The van der Waals surface area contributed by atoms with Crippen molar-refractivity contribution < 1.29 is 18.3 Å². The van der Waals surface area contributed by atoms with E-state index in [9.17, 15) is 13.2 Å². The fourth-order valence-electron chi connectivity index (χ4n) is 2.08. The van der Waals surface area contributed by atoms with Crippen molar-refractivity contribution in [3.05, 3.63) is 42.5 Å². The van der Waals surface area contributed by atoms with Crippen molar-refractivity contribution in [2.24, 2.45) is 0 Å². The Balaban J connectivity index is 2.59. The van der Waals surface area contributed by atoms with Gasteiger partial charge in [-0.2, -0.15) is 4.31 Å². The molecule has 0 aromatic heterocycles. The summed E-state index contributed by atoms with van der Waals surface area (Å²) in [5.74, 6) is -1.17. The Morgan fingerprint density at radius 2 is 1.80 bits per heavy atom. The van der Waals surface area contributed by atoms with Crippen LogP contribution in [-0.2, 0) is 14.8 Å². The van der Waals surface area contributed by atoms with Crippen molar-refractivity contribution in [2.75, 3.05) is 13.1 Å². The third-order valence-electron chi connectivity index (χ3n) is 3.03. The SMILES string of the molecule is CCN(CC(=O)O)S(=O)(=O)c1cccc2ccccc12.